The van der Waals surface area contributed by atoms with Gasteiger partial charge in [0.05, 0.1) is 7.11 Å². The van der Waals surface area contributed by atoms with Crippen LogP contribution in [0.15, 0.2) is 24.3 Å². The first kappa shape index (κ1) is 13.0. The lowest BCUT2D eigenvalue weighted by Crippen LogP contribution is -2.22. The number of hydrogen-bond acceptors (Lipinski definition) is 3. The van der Waals surface area contributed by atoms with Crippen LogP contribution in [0.5, 0.6) is 5.75 Å². The topological polar surface area (TPSA) is 24.5 Å². The van der Waals surface area contributed by atoms with Gasteiger partial charge in [0.15, 0.2) is 0 Å². The largest absolute Gasteiger partial charge is 0.497 e. The highest BCUT2D eigenvalue weighted by Crippen LogP contribution is 2.13. The lowest BCUT2D eigenvalue weighted by atomic mass is 10.2. The third kappa shape index (κ3) is 4.64. The molecule has 1 aromatic carbocycles. The molecule has 3 heteroatoms. The Kier molecular flexibility index (Phi) is 5.90. The van der Waals surface area contributed by atoms with Crippen molar-refractivity contribution in [1.29, 1.82) is 0 Å². The first-order chi connectivity index (χ1) is 7.76. The Labute approximate surface area is 98.4 Å². The first-order valence-corrected chi connectivity index (χ1v) is 5.72. The van der Waals surface area contributed by atoms with Crippen molar-refractivity contribution in [2.24, 2.45) is 0 Å². The summed E-state index contributed by atoms with van der Waals surface area (Å²) >= 11 is 0. The summed E-state index contributed by atoms with van der Waals surface area (Å²) in [5.74, 6) is 0.932. The van der Waals surface area contributed by atoms with Crippen LogP contribution in [0.2, 0.25) is 0 Å². The van der Waals surface area contributed by atoms with Gasteiger partial charge in [0.2, 0.25) is 0 Å². The van der Waals surface area contributed by atoms with Gasteiger partial charge in [-0.2, -0.15) is 0 Å². The van der Waals surface area contributed by atoms with Crippen molar-refractivity contribution in [3.8, 4) is 5.75 Å². The second-order valence-corrected chi connectivity index (χ2v) is 4.05. The van der Waals surface area contributed by atoms with Crippen LogP contribution < -0.4 is 10.1 Å². The standard InChI is InChI=1S/C13H22N2O/c1-14-8-5-9-15(2)11-12-6-4-7-13(10-12)16-3/h4,6-7,10,14H,5,8-9,11H2,1-3H3. The molecule has 1 N–H and O–H groups in total. The van der Waals surface area contributed by atoms with Crippen LogP contribution in [-0.2, 0) is 6.54 Å². The predicted octanol–water partition coefficient (Wildman–Crippen LogP) is 1.74. The normalized spacial score (nSPS) is 10.8. The number of benzene rings is 1. The Bertz CT molecular complexity index is 302. The van der Waals surface area contributed by atoms with Gasteiger partial charge in [0, 0.05) is 6.54 Å². The predicted molar refractivity (Wildman–Crippen MR) is 67.9 cm³/mol. The summed E-state index contributed by atoms with van der Waals surface area (Å²) in [5.41, 5.74) is 1.30. The van der Waals surface area contributed by atoms with E-state index in [0.29, 0.717) is 0 Å². The van der Waals surface area contributed by atoms with Gasteiger partial charge in [-0.3, -0.25) is 0 Å². The van der Waals surface area contributed by atoms with Gasteiger partial charge in [-0.05, 0) is 51.3 Å². The fourth-order valence-electron chi connectivity index (χ4n) is 1.69. The van der Waals surface area contributed by atoms with E-state index in [4.69, 9.17) is 4.74 Å². The third-order valence-corrected chi connectivity index (χ3v) is 2.55. The number of rotatable bonds is 7. The molecule has 0 heterocycles. The van der Waals surface area contributed by atoms with Crippen molar-refractivity contribution in [3.63, 3.8) is 0 Å². The minimum Gasteiger partial charge on any atom is -0.497 e. The minimum atomic E-state index is 0.932. The molecule has 0 aliphatic rings. The van der Waals surface area contributed by atoms with Crippen LogP contribution in [0.3, 0.4) is 0 Å². The summed E-state index contributed by atoms with van der Waals surface area (Å²) in [7, 11) is 5.84. The van der Waals surface area contributed by atoms with Gasteiger partial charge >= 0.3 is 0 Å². The highest BCUT2D eigenvalue weighted by Gasteiger charge is 2.01. The van der Waals surface area contributed by atoms with Gasteiger partial charge < -0.3 is 15.0 Å². The summed E-state index contributed by atoms with van der Waals surface area (Å²) in [6.45, 7) is 3.15. The Morgan fingerprint density at radius 1 is 1.38 bits per heavy atom. The Hall–Kier alpha value is -1.06. The molecule has 0 saturated heterocycles. The van der Waals surface area contributed by atoms with E-state index in [-0.39, 0.29) is 0 Å². The van der Waals surface area contributed by atoms with Crippen molar-refractivity contribution in [2.75, 3.05) is 34.3 Å². The van der Waals surface area contributed by atoms with E-state index in [1.165, 1.54) is 12.0 Å². The molecule has 0 atom stereocenters. The van der Waals surface area contributed by atoms with Gasteiger partial charge in [-0.15, -0.1) is 0 Å². The van der Waals surface area contributed by atoms with Gasteiger partial charge in [0.25, 0.3) is 0 Å². The van der Waals surface area contributed by atoms with Crippen molar-refractivity contribution in [1.82, 2.24) is 10.2 Å². The van der Waals surface area contributed by atoms with E-state index in [9.17, 15) is 0 Å². The van der Waals surface area contributed by atoms with Gasteiger partial charge in [-0.1, -0.05) is 12.1 Å². The van der Waals surface area contributed by atoms with Crippen molar-refractivity contribution < 1.29 is 4.74 Å². The van der Waals surface area contributed by atoms with E-state index in [2.05, 4.69) is 29.4 Å². The van der Waals surface area contributed by atoms with E-state index < -0.39 is 0 Å². The van der Waals surface area contributed by atoms with Crippen LogP contribution in [0.1, 0.15) is 12.0 Å². The fourth-order valence-corrected chi connectivity index (χ4v) is 1.69. The molecule has 0 saturated carbocycles. The molecule has 0 bridgehead atoms. The smallest absolute Gasteiger partial charge is 0.119 e. The van der Waals surface area contributed by atoms with E-state index >= 15 is 0 Å². The number of nitrogens with zero attached hydrogens (tertiary/aromatic N) is 1. The summed E-state index contributed by atoms with van der Waals surface area (Å²) in [6.07, 6.45) is 1.18. The highest BCUT2D eigenvalue weighted by molar-refractivity contribution is 5.28. The average Bonchev–Trinajstić information content (AvgIpc) is 2.29. The van der Waals surface area contributed by atoms with Crippen LogP contribution in [0.25, 0.3) is 0 Å². The Balaban J connectivity index is 2.39. The quantitative estimate of drug-likeness (QED) is 0.711. The summed E-state index contributed by atoms with van der Waals surface area (Å²) in [4.78, 5) is 2.33. The summed E-state index contributed by atoms with van der Waals surface area (Å²) in [6, 6.07) is 8.24. The molecule has 3 nitrogen and oxygen atoms in total. The molecule has 90 valence electrons. The molecule has 0 spiro atoms. The molecule has 0 unspecified atom stereocenters. The molecule has 0 aromatic heterocycles. The fraction of sp³-hybridized carbons (Fsp3) is 0.538. The summed E-state index contributed by atoms with van der Waals surface area (Å²) < 4.78 is 5.21. The Morgan fingerprint density at radius 3 is 2.88 bits per heavy atom. The first-order valence-electron chi connectivity index (χ1n) is 5.72. The minimum absolute atomic E-state index is 0.932. The van der Waals surface area contributed by atoms with Crippen molar-refractivity contribution in [3.05, 3.63) is 29.8 Å². The van der Waals surface area contributed by atoms with Gasteiger partial charge in [-0.25, -0.2) is 0 Å². The van der Waals surface area contributed by atoms with Crippen LogP contribution in [-0.4, -0.2) is 39.2 Å². The molecule has 1 rings (SSSR count). The molecule has 16 heavy (non-hydrogen) atoms. The zero-order valence-corrected chi connectivity index (χ0v) is 10.5. The average molecular weight is 222 g/mol. The van der Waals surface area contributed by atoms with E-state index in [1.807, 2.05) is 19.2 Å². The number of nitrogens with one attached hydrogen (secondary N) is 1. The molecule has 0 radical (unpaired) electrons. The SMILES string of the molecule is CNCCCN(C)Cc1cccc(OC)c1. The van der Waals surface area contributed by atoms with Crippen LogP contribution >= 0.6 is 0 Å². The number of hydrogen-bond donors (Lipinski definition) is 1. The maximum Gasteiger partial charge on any atom is 0.119 e. The molecular formula is C13H22N2O. The molecule has 0 fully saturated rings. The van der Waals surface area contributed by atoms with Crippen molar-refractivity contribution >= 4 is 0 Å². The molecule has 1 aromatic rings. The summed E-state index contributed by atoms with van der Waals surface area (Å²) in [5, 5.41) is 3.16. The monoisotopic (exact) mass is 222 g/mol. The highest BCUT2D eigenvalue weighted by atomic mass is 16.5. The maximum atomic E-state index is 5.21. The second kappa shape index (κ2) is 7.25. The number of methoxy groups -OCH3 is 1. The third-order valence-electron chi connectivity index (χ3n) is 2.55. The molecule has 0 aliphatic carbocycles. The van der Waals surface area contributed by atoms with E-state index in [1.54, 1.807) is 7.11 Å². The Morgan fingerprint density at radius 2 is 2.19 bits per heavy atom. The molecule has 0 amide bonds. The molecule has 0 aliphatic heterocycles. The lowest BCUT2D eigenvalue weighted by Gasteiger charge is -2.16. The zero-order valence-electron chi connectivity index (χ0n) is 10.5. The van der Waals surface area contributed by atoms with Crippen LogP contribution in [0.4, 0.5) is 0 Å². The van der Waals surface area contributed by atoms with Crippen LogP contribution in [0, 0.1) is 0 Å². The second-order valence-electron chi connectivity index (χ2n) is 4.05. The lowest BCUT2D eigenvalue weighted by molar-refractivity contribution is 0.320. The van der Waals surface area contributed by atoms with E-state index in [0.717, 1.165) is 25.4 Å². The molecular weight excluding hydrogens is 200 g/mol. The number of ether oxygens (including phenoxy) is 1. The van der Waals surface area contributed by atoms with Crippen molar-refractivity contribution in [2.45, 2.75) is 13.0 Å². The van der Waals surface area contributed by atoms with Gasteiger partial charge in [0.1, 0.15) is 5.75 Å². The zero-order chi connectivity index (χ0) is 11.8. The maximum absolute atomic E-state index is 5.21.